The van der Waals surface area contributed by atoms with E-state index in [9.17, 15) is 9.59 Å². The molecule has 0 amide bonds. The van der Waals surface area contributed by atoms with Crippen molar-refractivity contribution in [3.05, 3.63) is 123 Å². The molecule has 1 aliphatic rings. The second kappa shape index (κ2) is 13.5. The molecule has 1 aliphatic heterocycles. The maximum absolute atomic E-state index is 13.9. The van der Waals surface area contributed by atoms with Gasteiger partial charge in [-0.1, -0.05) is 70.9 Å². The molecule has 0 N–H and O–H groups in total. The van der Waals surface area contributed by atoms with E-state index in [2.05, 4.69) is 20.9 Å². The number of halogens is 3. The van der Waals surface area contributed by atoms with Crippen LogP contribution in [0.4, 0.5) is 0 Å². The summed E-state index contributed by atoms with van der Waals surface area (Å²) in [7, 11) is 0. The van der Waals surface area contributed by atoms with Crippen molar-refractivity contribution in [3.63, 3.8) is 0 Å². The van der Waals surface area contributed by atoms with Crippen LogP contribution in [0.5, 0.6) is 11.5 Å². The van der Waals surface area contributed by atoms with Crippen LogP contribution < -0.4 is 24.4 Å². The first-order valence-electron chi connectivity index (χ1n) is 13.5. The van der Waals surface area contributed by atoms with Crippen molar-refractivity contribution in [2.24, 2.45) is 4.99 Å². The Morgan fingerprint density at radius 2 is 1.84 bits per heavy atom. The molecule has 5 rings (SSSR count). The molecule has 11 heteroatoms. The molecule has 0 spiro atoms. The van der Waals surface area contributed by atoms with Gasteiger partial charge in [0.1, 0.15) is 6.61 Å². The number of esters is 1. The van der Waals surface area contributed by atoms with Gasteiger partial charge in [0.15, 0.2) is 16.3 Å². The second-order valence-corrected chi connectivity index (χ2v) is 12.2. The highest BCUT2D eigenvalue weighted by molar-refractivity contribution is 9.10. The molecule has 0 fully saturated rings. The lowest BCUT2D eigenvalue weighted by Crippen LogP contribution is -2.39. The number of benzene rings is 3. The van der Waals surface area contributed by atoms with E-state index in [1.54, 1.807) is 36.6 Å². The zero-order valence-corrected chi connectivity index (χ0v) is 27.4. The van der Waals surface area contributed by atoms with Gasteiger partial charge in [-0.15, -0.1) is 0 Å². The number of carbonyl (C=O) groups is 1. The third kappa shape index (κ3) is 6.60. The maximum atomic E-state index is 13.9. The van der Waals surface area contributed by atoms with E-state index in [-0.39, 0.29) is 18.8 Å². The Labute approximate surface area is 270 Å². The third-order valence-electron chi connectivity index (χ3n) is 6.65. The number of nitrogens with zero attached hydrogens (tertiary/aromatic N) is 2. The van der Waals surface area contributed by atoms with Gasteiger partial charge in [-0.05, 0) is 78.2 Å². The summed E-state index contributed by atoms with van der Waals surface area (Å²) in [6, 6.07) is 17.6. The lowest BCUT2D eigenvalue weighted by atomic mass is 9.96. The summed E-state index contributed by atoms with van der Waals surface area (Å²) in [5.74, 6) is 0.515. The number of fused-ring (bicyclic) bond motifs is 1. The van der Waals surface area contributed by atoms with Gasteiger partial charge in [-0.25, -0.2) is 9.79 Å². The summed E-state index contributed by atoms with van der Waals surface area (Å²) in [5, 5.41) is 1.05. The van der Waals surface area contributed by atoms with Crippen molar-refractivity contribution in [3.8, 4) is 11.5 Å². The summed E-state index contributed by atoms with van der Waals surface area (Å²) in [5.41, 5.74) is 2.88. The number of aromatic nitrogens is 1. The molecule has 4 aromatic rings. The predicted octanol–water partition coefficient (Wildman–Crippen LogP) is 6.85. The Balaban J connectivity index is 1.57. The van der Waals surface area contributed by atoms with Gasteiger partial charge in [0.05, 0.1) is 39.5 Å². The fraction of sp³-hybridized carbons (Fsp3) is 0.219. The summed E-state index contributed by atoms with van der Waals surface area (Å²) < 4.78 is 20.0. The van der Waals surface area contributed by atoms with E-state index in [1.165, 1.54) is 11.3 Å². The highest BCUT2D eigenvalue weighted by Crippen LogP contribution is 2.38. The van der Waals surface area contributed by atoms with E-state index < -0.39 is 12.0 Å². The summed E-state index contributed by atoms with van der Waals surface area (Å²) in [6.45, 7) is 6.22. The molecule has 1 atom stereocenters. The van der Waals surface area contributed by atoms with E-state index >= 15 is 0 Å². The van der Waals surface area contributed by atoms with Crippen molar-refractivity contribution in [1.82, 2.24) is 4.57 Å². The largest absolute Gasteiger partial charge is 0.490 e. The molecule has 0 radical (unpaired) electrons. The predicted molar refractivity (Wildman–Crippen MR) is 173 cm³/mol. The van der Waals surface area contributed by atoms with E-state index in [0.29, 0.717) is 53.2 Å². The molecular formula is C32H27BrCl2N2O5S. The van der Waals surface area contributed by atoms with Crippen LogP contribution in [-0.4, -0.2) is 23.8 Å². The zero-order chi connectivity index (χ0) is 30.7. The maximum Gasteiger partial charge on any atom is 0.338 e. The molecule has 0 saturated carbocycles. The Morgan fingerprint density at radius 1 is 1.07 bits per heavy atom. The number of thiazole rings is 1. The number of hydrogen-bond acceptors (Lipinski definition) is 7. The minimum atomic E-state index is -0.667. The quantitative estimate of drug-likeness (QED) is 0.179. The molecule has 0 saturated heterocycles. The molecule has 0 unspecified atom stereocenters. The summed E-state index contributed by atoms with van der Waals surface area (Å²) in [6.07, 6.45) is 1.78. The number of hydrogen-bond donors (Lipinski definition) is 0. The molecule has 0 aliphatic carbocycles. The smallest absolute Gasteiger partial charge is 0.338 e. The lowest BCUT2D eigenvalue weighted by molar-refractivity contribution is -0.139. The van der Waals surface area contributed by atoms with E-state index in [1.807, 2.05) is 55.5 Å². The topological polar surface area (TPSA) is 79.1 Å². The SMILES string of the molecule is CCOC(=O)C1=C(C)N=c2s/c(=C\c3cc(Br)c(OCc4ccc(Cl)cc4Cl)c(OCC)c3)c(=O)n2[C@@H]1c1ccccc1. The first-order valence-corrected chi connectivity index (χ1v) is 15.9. The minimum absolute atomic E-state index is 0.203. The van der Waals surface area contributed by atoms with Crippen molar-refractivity contribution in [2.75, 3.05) is 13.2 Å². The first kappa shape index (κ1) is 31.1. The van der Waals surface area contributed by atoms with Crippen LogP contribution >= 0.6 is 50.5 Å². The Bertz CT molecular complexity index is 1900. The lowest BCUT2D eigenvalue weighted by Gasteiger charge is -2.24. The standard InChI is InChI=1S/C32H27BrCl2N2O5S/c1-4-40-25-14-19(13-23(33)29(25)42-17-21-11-12-22(34)16-24(21)35)15-26-30(38)37-28(20-9-7-6-8-10-20)27(31(39)41-5-2)18(3)36-32(37)43-26/h6-16,28H,4-5,17H2,1-3H3/b26-15-/t28-/m1/s1. The van der Waals surface area contributed by atoms with Crippen LogP contribution in [0.2, 0.25) is 10.0 Å². The van der Waals surface area contributed by atoms with Gasteiger partial charge in [0.2, 0.25) is 0 Å². The average Bonchev–Trinajstić information content (AvgIpc) is 3.27. The molecule has 1 aromatic heterocycles. The number of carbonyl (C=O) groups excluding carboxylic acids is 1. The van der Waals surface area contributed by atoms with Crippen LogP contribution in [0.15, 0.2) is 86.2 Å². The van der Waals surface area contributed by atoms with Gasteiger partial charge < -0.3 is 14.2 Å². The normalized spacial score (nSPS) is 14.7. The van der Waals surface area contributed by atoms with Gasteiger partial charge >= 0.3 is 5.97 Å². The number of ether oxygens (including phenoxy) is 3. The van der Waals surface area contributed by atoms with Crippen LogP contribution in [0.25, 0.3) is 6.08 Å². The molecule has 0 bridgehead atoms. The highest BCUT2D eigenvalue weighted by Gasteiger charge is 2.33. The van der Waals surface area contributed by atoms with Gasteiger partial charge in [0, 0.05) is 15.6 Å². The summed E-state index contributed by atoms with van der Waals surface area (Å²) >= 11 is 17.2. The Hall–Kier alpha value is -3.37. The van der Waals surface area contributed by atoms with Crippen molar-refractivity contribution in [1.29, 1.82) is 0 Å². The van der Waals surface area contributed by atoms with Crippen LogP contribution in [0, 0.1) is 0 Å². The minimum Gasteiger partial charge on any atom is -0.490 e. The average molecular weight is 702 g/mol. The van der Waals surface area contributed by atoms with Crippen molar-refractivity contribution < 1.29 is 19.0 Å². The third-order valence-corrected chi connectivity index (χ3v) is 8.81. The highest BCUT2D eigenvalue weighted by atomic mass is 79.9. The second-order valence-electron chi connectivity index (χ2n) is 9.50. The Morgan fingerprint density at radius 3 is 2.53 bits per heavy atom. The van der Waals surface area contributed by atoms with E-state index in [0.717, 1.165) is 16.7 Å². The van der Waals surface area contributed by atoms with Crippen molar-refractivity contribution >= 4 is 62.5 Å². The molecule has 3 aromatic carbocycles. The molecule has 2 heterocycles. The molecule has 43 heavy (non-hydrogen) atoms. The first-order chi connectivity index (χ1) is 20.7. The fourth-order valence-corrected chi connectivity index (χ4v) is 6.84. The zero-order valence-electron chi connectivity index (χ0n) is 23.5. The molecule has 222 valence electrons. The molecule has 7 nitrogen and oxygen atoms in total. The van der Waals surface area contributed by atoms with Crippen LogP contribution in [0.3, 0.4) is 0 Å². The van der Waals surface area contributed by atoms with Gasteiger partial charge in [0.25, 0.3) is 5.56 Å². The number of allylic oxidation sites excluding steroid dienone is 1. The number of rotatable bonds is 9. The van der Waals surface area contributed by atoms with E-state index in [4.69, 9.17) is 37.4 Å². The van der Waals surface area contributed by atoms with Crippen LogP contribution in [-0.2, 0) is 16.1 Å². The molecular weight excluding hydrogens is 675 g/mol. The van der Waals surface area contributed by atoms with Gasteiger partial charge in [-0.3, -0.25) is 9.36 Å². The van der Waals surface area contributed by atoms with Crippen molar-refractivity contribution in [2.45, 2.75) is 33.4 Å². The summed E-state index contributed by atoms with van der Waals surface area (Å²) in [4.78, 5) is 32.1. The van der Waals surface area contributed by atoms with Gasteiger partial charge in [-0.2, -0.15) is 0 Å². The Kier molecular flexibility index (Phi) is 9.76. The fourth-order valence-electron chi connectivity index (χ4n) is 4.76. The van der Waals surface area contributed by atoms with Crippen LogP contribution in [0.1, 0.15) is 43.5 Å². The monoisotopic (exact) mass is 700 g/mol.